The van der Waals surface area contributed by atoms with E-state index in [1.807, 2.05) is 36.4 Å². The molecular weight excluding hydrogens is 647 g/mol. The molecule has 0 aliphatic carbocycles. The molecule has 0 spiro atoms. The Morgan fingerprint density at radius 1 is 0.434 bits per heavy atom. The Morgan fingerprint density at radius 2 is 1.04 bits per heavy atom. The lowest BCUT2D eigenvalue weighted by Gasteiger charge is -2.18. The molecule has 0 aliphatic heterocycles. The Hall–Kier alpha value is -7.35. The molecular formula is C49H29N3O. The van der Waals surface area contributed by atoms with E-state index in [1.54, 1.807) is 0 Å². The fourth-order valence-corrected chi connectivity index (χ4v) is 8.48. The van der Waals surface area contributed by atoms with Crippen molar-refractivity contribution >= 4 is 65.6 Å². The zero-order valence-electron chi connectivity index (χ0n) is 28.5. The van der Waals surface area contributed by atoms with Crippen molar-refractivity contribution < 1.29 is 4.42 Å². The number of para-hydroxylation sites is 4. The van der Waals surface area contributed by atoms with E-state index >= 15 is 0 Å². The molecule has 0 saturated heterocycles. The van der Waals surface area contributed by atoms with Crippen molar-refractivity contribution in [3.05, 3.63) is 181 Å². The van der Waals surface area contributed by atoms with E-state index < -0.39 is 0 Å². The highest BCUT2D eigenvalue weighted by molar-refractivity contribution is 6.24. The van der Waals surface area contributed by atoms with Gasteiger partial charge in [-0.2, -0.15) is 5.26 Å². The first-order valence-corrected chi connectivity index (χ1v) is 17.8. The van der Waals surface area contributed by atoms with Gasteiger partial charge >= 0.3 is 0 Å². The second kappa shape index (κ2) is 11.3. The van der Waals surface area contributed by atoms with Gasteiger partial charge in [-0.1, -0.05) is 121 Å². The van der Waals surface area contributed by atoms with Crippen LogP contribution in [0.15, 0.2) is 180 Å². The fourth-order valence-electron chi connectivity index (χ4n) is 8.48. The van der Waals surface area contributed by atoms with E-state index in [2.05, 4.69) is 155 Å². The number of aromatic nitrogens is 2. The van der Waals surface area contributed by atoms with Crippen molar-refractivity contribution in [2.45, 2.75) is 0 Å². The van der Waals surface area contributed by atoms with Crippen LogP contribution >= 0.6 is 0 Å². The highest BCUT2D eigenvalue weighted by Crippen LogP contribution is 2.43. The van der Waals surface area contributed by atoms with Gasteiger partial charge in [0, 0.05) is 38.2 Å². The smallest absolute Gasteiger partial charge is 0.137 e. The molecule has 246 valence electrons. The monoisotopic (exact) mass is 675 g/mol. The van der Waals surface area contributed by atoms with Crippen molar-refractivity contribution in [3.63, 3.8) is 0 Å². The van der Waals surface area contributed by atoms with Gasteiger partial charge in [-0.15, -0.1) is 0 Å². The maximum Gasteiger partial charge on any atom is 0.137 e. The summed E-state index contributed by atoms with van der Waals surface area (Å²) in [5, 5.41) is 17.4. The minimum Gasteiger partial charge on any atom is -0.456 e. The van der Waals surface area contributed by atoms with Gasteiger partial charge in [0.2, 0.25) is 0 Å². The quantitative estimate of drug-likeness (QED) is 0.186. The number of rotatable bonds is 4. The summed E-state index contributed by atoms with van der Waals surface area (Å²) in [5.74, 6) is 0. The van der Waals surface area contributed by atoms with E-state index in [4.69, 9.17) is 4.42 Å². The van der Waals surface area contributed by atoms with Gasteiger partial charge in [0.15, 0.2) is 0 Å². The molecule has 0 radical (unpaired) electrons. The third kappa shape index (κ3) is 4.29. The molecule has 0 bridgehead atoms. The molecule has 11 rings (SSSR count). The molecule has 4 heteroatoms. The van der Waals surface area contributed by atoms with Crippen molar-refractivity contribution in [3.8, 4) is 39.7 Å². The Labute approximate surface area is 304 Å². The van der Waals surface area contributed by atoms with Crippen molar-refractivity contribution in [1.29, 1.82) is 5.26 Å². The predicted molar refractivity (Wildman–Crippen MR) is 218 cm³/mol. The Bertz CT molecular complexity index is 3250. The number of nitrogens with zero attached hydrogens (tertiary/aromatic N) is 3. The molecule has 0 unspecified atom stereocenters. The van der Waals surface area contributed by atoms with Gasteiger partial charge < -0.3 is 13.6 Å². The number of hydrogen-bond donors (Lipinski definition) is 0. The summed E-state index contributed by atoms with van der Waals surface area (Å²) in [5.41, 5.74) is 12.9. The molecule has 0 amide bonds. The molecule has 0 N–H and O–H groups in total. The molecule has 3 aromatic heterocycles. The summed E-state index contributed by atoms with van der Waals surface area (Å²) in [6.45, 7) is 0. The molecule has 0 atom stereocenters. The summed E-state index contributed by atoms with van der Waals surface area (Å²) in [6, 6.07) is 64.2. The lowest BCUT2D eigenvalue weighted by atomic mass is 9.94. The van der Waals surface area contributed by atoms with Crippen LogP contribution in [0.2, 0.25) is 0 Å². The largest absolute Gasteiger partial charge is 0.456 e. The summed E-state index contributed by atoms with van der Waals surface area (Å²) >= 11 is 0. The van der Waals surface area contributed by atoms with Crippen molar-refractivity contribution in [2.75, 3.05) is 0 Å². The van der Waals surface area contributed by atoms with Gasteiger partial charge in [-0.05, 0) is 71.3 Å². The maximum atomic E-state index is 10.4. The summed E-state index contributed by atoms with van der Waals surface area (Å²) in [7, 11) is 0. The van der Waals surface area contributed by atoms with E-state index in [-0.39, 0.29) is 0 Å². The van der Waals surface area contributed by atoms with Gasteiger partial charge in [-0.25, -0.2) is 0 Å². The van der Waals surface area contributed by atoms with E-state index in [1.165, 1.54) is 21.5 Å². The Morgan fingerprint density at radius 3 is 1.75 bits per heavy atom. The first kappa shape index (κ1) is 29.4. The van der Waals surface area contributed by atoms with Crippen LogP contribution in [0, 0.1) is 11.3 Å². The number of hydrogen-bond acceptors (Lipinski definition) is 2. The highest BCUT2D eigenvalue weighted by atomic mass is 16.3. The molecule has 3 heterocycles. The SMILES string of the molecule is N#Cc1cc(-c2ccc(-n3c4ccccc4c4ccc5oc6ccccc6c5c43)cc2-n2c3ccccc3c3ccccc32)ccc1-c1ccccc1. The summed E-state index contributed by atoms with van der Waals surface area (Å²) < 4.78 is 11.2. The van der Waals surface area contributed by atoms with Crippen LogP contribution in [-0.2, 0) is 0 Å². The predicted octanol–water partition coefficient (Wildman–Crippen LogP) is 13.0. The molecule has 8 aromatic carbocycles. The van der Waals surface area contributed by atoms with Gasteiger partial charge in [-0.3, -0.25) is 0 Å². The fraction of sp³-hybridized carbons (Fsp3) is 0. The van der Waals surface area contributed by atoms with Crippen molar-refractivity contribution in [2.24, 2.45) is 0 Å². The zero-order chi connectivity index (χ0) is 35.0. The van der Waals surface area contributed by atoms with Crippen LogP contribution in [0.5, 0.6) is 0 Å². The average Bonchev–Trinajstić information content (AvgIpc) is 3.88. The second-order valence-electron chi connectivity index (χ2n) is 13.6. The second-order valence-corrected chi connectivity index (χ2v) is 13.6. The van der Waals surface area contributed by atoms with E-state index in [9.17, 15) is 5.26 Å². The lowest BCUT2D eigenvalue weighted by molar-refractivity contribution is 0.669. The minimum atomic E-state index is 0.641. The zero-order valence-corrected chi connectivity index (χ0v) is 28.5. The maximum absolute atomic E-state index is 10.4. The third-order valence-corrected chi connectivity index (χ3v) is 10.8. The van der Waals surface area contributed by atoms with Crippen LogP contribution in [0.3, 0.4) is 0 Å². The molecule has 0 aliphatic rings. The lowest BCUT2D eigenvalue weighted by Crippen LogP contribution is -2.02. The van der Waals surface area contributed by atoms with Crippen LogP contribution in [0.4, 0.5) is 0 Å². The van der Waals surface area contributed by atoms with E-state index in [0.29, 0.717) is 5.56 Å². The number of fused-ring (bicyclic) bond motifs is 10. The van der Waals surface area contributed by atoms with Gasteiger partial charge in [0.25, 0.3) is 0 Å². The highest BCUT2D eigenvalue weighted by Gasteiger charge is 2.22. The van der Waals surface area contributed by atoms with Crippen LogP contribution < -0.4 is 0 Å². The number of benzene rings is 8. The van der Waals surface area contributed by atoms with Crippen LogP contribution in [-0.4, -0.2) is 9.13 Å². The van der Waals surface area contributed by atoms with Crippen molar-refractivity contribution in [1.82, 2.24) is 9.13 Å². The first-order chi connectivity index (χ1) is 26.3. The number of nitriles is 1. The summed E-state index contributed by atoms with van der Waals surface area (Å²) in [6.07, 6.45) is 0. The molecule has 53 heavy (non-hydrogen) atoms. The number of furan rings is 1. The van der Waals surface area contributed by atoms with E-state index in [0.717, 1.165) is 77.6 Å². The molecule has 4 nitrogen and oxygen atoms in total. The molecule has 11 aromatic rings. The normalized spacial score (nSPS) is 11.8. The first-order valence-electron chi connectivity index (χ1n) is 17.8. The van der Waals surface area contributed by atoms with Gasteiger partial charge in [0.1, 0.15) is 11.2 Å². The summed E-state index contributed by atoms with van der Waals surface area (Å²) in [4.78, 5) is 0. The Balaban J connectivity index is 1.26. The van der Waals surface area contributed by atoms with Crippen LogP contribution in [0.1, 0.15) is 5.56 Å². The van der Waals surface area contributed by atoms with Crippen LogP contribution in [0.25, 0.3) is 99.2 Å². The average molecular weight is 676 g/mol. The third-order valence-electron chi connectivity index (χ3n) is 10.8. The minimum absolute atomic E-state index is 0.641. The standard InChI is InChI=1S/C49H29N3O/c50-30-33-28-32(22-24-35(33)31-12-2-1-3-13-31)36-25-23-34(29-45(36)52-43-19-9-4-14-37(43)38-15-5-10-20-44(38)52)51-42-18-8-6-16-39(42)40-26-27-47-48(49(40)51)41-17-7-11-21-46(41)53-47/h1-29H. The molecule has 0 fully saturated rings. The molecule has 0 saturated carbocycles. The topological polar surface area (TPSA) is 46.8 Å². The Kier molecular flexibility index (Phi) is 6.28. The van der Waals surface area contributed by atoms with Gasteiger partial charge in [0.05, 0.1) is 44.8 Å².